The summed E-state index contributed by atoms with van der Waals surface area (Å²) in [7, 11) is 0. The van der Waals surface area contributed by atoms with Gasteiger partial charge >= 0.3 is 0 Å². The van der Waals surface area contributed by atoms with Crippen LogP contribution in [-0.2, 0) is 0 Å². The Balaban J connectivity index is 1.45. The van der Waals surface area contributed by atoms with E-state index in [2.05, 4.69) is 22.8 Å². The molecule has 1 unspecified atom stereocenters. The van der Waals surface area contributed by atoms with E-state index in [0.29, 0.717) is 11.7 Å². The molecule has 3 atom stereocenters. The molecule has 0 saturated heterocycles. The minimum absolute atomic E-state index is 0.182. The van der Waals surface area contributed by atoms with Crippen molar-refractivity contribution in [2.75, 3.05) is 0 Å². The SMILES string of the molecule is Cc1nn(-c2ccccc2[NH+]([O-])O)c(C)c1[C@H]1C=C[C@@H](NC(=S)NC2CCCCC2)C1. The van der Waals surface area contributed by atoms with Gasteiger partial charge in [0.25, 0.3) is 0 Å². The molecule has 1 fully saturated rings. The number of aromatic nitrogens is 2. The number of hydrogen-bond acceptors (Lipinski definition) is 4. The molecule has 1 heterocycles. The number of quaternary nitrogens is 1. The Kier molecular flexibility index (Phi) is 6.71. The van der Waals surface area contributed by atoms with Crippen LogP contribution in [0.15, 0.2) is 36.4 Å². The zero-order valence-electron chi connectivity index (χ0n) is 18.1. The first-order chi connectivity index (χ1) is 14.9. The van der Waals surface area contributed by atoms with Gasteiger partial charge in [-0.15, -0.1) is 0 Å². The van der Waals surface area contributed by atoms with Gasteiger partial charge in [-0.05, 0) is 51.4 Å². The van der Waals surface area contributed by atoms with Crippen LogP contribution in [-0.4, -0.2) is 32.2 Å². The van der Waals surface area contributed by atoms with Gasteiger partial charge in [-0.25, -0.2) is 9.89 Å². The number of nitrogens with zero attached hydrogens (tertiary/aromatic N) is 2. The van der Waals surface area contributed by atoms with Crippen molar-refractivity contribution in [3.63, 3.8) is 0 Å². The van der Waals surface area contributed by atoms with Crippen molar-refractivity contribution in [2.24, 2.45) is 0 Å². The van der Waals surface area contributed by atoms with Crippen molar-refractivity contribution < 1.29 is 10.4 Å². The largest absolute Gasteiger partial charge is 0.595 e. The molecule has 4 N–H and O–H groups in total. The molecule has 1 aromatic carbocycles. The lowest BCUT2D eigenvalue weighted by molar-refractivity contribution is -0.991. The summed E-state index contributed by atoms with van der Waals surface area (Å²) < 4.78 is 1.76. The van der Waals surface area contributed by atoms with Crippen molar-refractivity contribution in [3.8, 4) is 5.69 Å². The molecule has 1 saturated carbocycles. The highest BCUT2D eigenvalue weighted by Gasteiger charge is 2.27. The Morgan fingerprint density at radius 3 is 2.65 bits per heavy atom. The highest BCUT2D eigenvalue weighted by Crippen LogP contribution is 2.34. The zero-order chi connectivity index (χ0) is 22.0. The molecule has 2 aromatic rings. The number of aryl methyl sites for hydroxylation is 1. The lowest BCUT2D eigenvalue weighted by atomic mass is 9.95. The van der Waals surface area contributed by atoms with Crippen molar-refractivity contribution in [3.05, 3.63) is 58.6 Å². The summed E-state index contributed by atoms with van der Waals surface area (Å²) >= 11 is 5.56. The third-order valence-corrected chi connectivity index (χ3v) is 6.66. The van der Waals surface area contributed by atoms with Gasteiger partial charge in [0.2, 0.25) is 0 Å². The normalized spacial score (nSPS) is 22.5. The second-order valence-corrected chi connectivity index (χ2v) is 9.01. The van der Waals surface area contributed by atoms with E-state index in [-0.39, 0.29) is 17.6 Å². The Morgan fingerprint density at radius 1 is 1.16 bits per heavy atom. The first-order valence-electron chi connectivity index (χ1n) is 11.1. The molecule has 2 aliphatic rings. The molecule has 8 heteroatoms. The molecule has 0 amide bonds. The van der Waals surface area contributed by atoms with Crippen molar-refractivity contribution in [1.82, 2.24) is 20.4 Å². The molecule has 0 spiro atoms. The van der Waals surface area contributed by atoms with Crippen LogP contribution in [0, 0.1) is 19.1 Å². The average molecular weight is 442 g/mol. The van der Waals surface area contributed by atoms with Crippen LogP contribution < -0.4 is 15.9 Å². The minimum Gasteiger partial charge on any atom is -0.595 e. The molecule has 1 aromatic heterocycles. The number of allylic oxidation sites excluding steroid dienone is 1. The number of rotatable bonds is 5. The molecular weight excluding hydrogens is 410 g/mol. The quantitative estimate of drug-likeness (QED) is 0.324. The van der Waals surface area contributed by atoms with Gasteiger partial charge in [0.1, 0.15) is 5.69 Å². The zero-order valence-corrected chi connectivity index (χ0v) is 18.9. The monoisotopic (exact) mass is 441 g/mol. The smallest absolute Gasteiger partial charge is 0.189 e. The van der Waals surface area contributed by atoms with E-state index in [1.807, 2.05) is 19.9 Å². The maximum atomic E-state index is 11.7. The molecule has 2 aliphatic carbocycles. The van der Waals surface area contributed by atoms with Crippen molar-refractivity contribution >= 4 is 23.0 Å². The van der Waals surface area contributed by atoms with Crippen LogP contribution in [0.3, 0.4) is 0 Å². The van der Waals surface area contributed by atoms with E-state index in [4.69, 9.17) is 17.3 Å². The van der Waals surface area contributed by atoms with E-state index in [9.17, 15) is 10.4 Å². The summed E-state index contributed by atoms with van der Waals surface area (Å²) in [6.07, 6.45) is 11.6. The Labute approximate surface area is 188 Å². The summed E-state index contributed by atoms with van der Waals surface area (Å²) in [5.74, 6) is 0.223. The van der Waals surface area contributed by atoms with E-state index in [1.54, 1.807) is 22.9 Å². The molecule has 7 nitrogen and oxygen atoms in total. The fourth-order valence-electron chi connectivity index (χ4n) is 4.93. The number of para-hydroxylation sites is 2. The standard InChI is InChI=1S/C23H31N5O2S/c1-15-22(16(2)27(26-15)20-10-6-7-11-21(20)28(29)30)17-12-13-19(14-17)25-23(31)24-18-8-4-3-5-9-18/h6-7,10-13,17-19,28-29H,3-5,8-9,14H2,1-2H3,(H2,24,25,31)/t17-,19+/m0/s1. The van der Waals surface area contributed by atoms with Gasteiger partial charge in [0.15, 0.2) is 10.8 Å². The topological polar surface area (TPSA) is 89.6 Å². The third kappa shape index (κ3) is 4.82. The summed E-state index contributed by atoms with van der Waals surface area (Å²) in [5.41, 5.74) is 3.91. The number of thiocarbonyl (C=S) groups is 1. The third-order valence-electron chi connectivity index (χ3n) is 6.42. The van der Waals surface area contributed by atoms with Crippen LogP contribution in [0.5, 0.6) is 0 Å². The Morgan fingerprint density at radius 2 is 1.90 bits per heavy atom. The lowest BCUT2D eigenvalue weighted by Crippen LogP contribution is -2.99. The number of nitrogens with one attached hydrogen (secondary N) is 3. The van der Waals surface area contributed by atoms with Gasteiger partial charge in [-0.3, -0.25) is 0 Å². The predicted molar refractivity (Wildman–Crippen MR) is 125 cm³/mol. The Hall–Kier alpha value is -2.26. The maximum absolute atomic E-state index is 11.7. The summed E-state index contributed by atoms with van der Waals surface area (Å²) in [6.45, 7) is 4.00. The maximum Gasteiger partial charge on any atom is 0.189 e. The molecule has 166 valence electrons. The summed E-state index contributed by atoms with van der Waals surface area (Å²) in [5, 5.41) is 32.6. The highest BCUT2D eigenvalue weighted by atomic mass is 32.1. The van der Waals surface area contributed by atoms with Crippen molar-refractivity contribution in [2.45, 2.75) is 70.4 Å². The van der Waals surface area contributed by atoms with Gasteiger partial charge in [0.05, 0.1) is 5.69 Å². The van der Waals surface area contributed by atoms with Crippen LogP contribution in [0.4, 0.5) is 5.69 Å². The minimum atomic E-state index is -0.950. The van der Waals surface area contributed by atoms with Crippen LogP contribution in [0.25, 0.3) is 5.69 Å². The lowest BCUT2D eigenvalue weighted by Gasteiger charge is -2.25. The molecule has 0 bridgehead atoms. The first kappa shape index (κ1) is 22.0. The van der Waals surface area contributed by atoms with E-state index in [1.165, 1.54) is 32.1 Å². The van der Waals surface area contributed by atoms with Gasteiger partial charge in [-0.1, -0.05) is 43.5 Å². The van der Waals surface area contributed by atoms with Gasteiger partial charge in [0, 0.05) is 35.3 Å². The van der Waals surface area contributed by atoms with E-state index >= 15 is 0 Å². The van der Waals surface area contributed by atoms with Gasteiger partial charge < -0.3 is 15.8 Å². The average Bonchev–Trinajstić information content (AvgIpc) is 3.31. The number of benzene rings is 1. The molecule has 31 heavy (non-hydrogen) atoms. The fraction of sp³-hybridized carbons (Fsp3) is 0.478. The molecule has 0 aliphatic heterocycles. The molecular formula is C23H31N5O2S. The van der Waals surface area contributed by atoms with E-state index < -0.39 is 5.23 Å². The fourth-order valence-corrected chi connectivity index (χ4v) is 5.25. The van der Waals surface area contributed by atoms with Crippen LogP contribution >= 0.6 is 12.2 Å². The Bertz CT molecular complexity index is 965. The van der Waals surface area contributed by atoms with Crippen LogP contribution in [0.1, 0.15) is 61.4 Å². The van der Waals surface area contributed by atoms with Crippen molar-refractivity contribution in [1.29, 1.82) is 0 Å². The summed E-state index contributed by atoms with van der Waals surface area (Å²) in [6, 6.07) is 7.67. The number of hydrogen-bond donors (Lipinski definition) is 4. The van der Waals surface area contributed by atoms with Gasteiger partial charge in [-0.2, -0.15) is 10.3 Å². The predicted octanol–water partition coefficient (Wildman–Crippen LogP) is 3.10. The second-order valence-electron chi connectivity index (χ2n) is 8.60. The first-order valence-corrected chi connectivity index (χ1v) is 11.5. The van der Waals surface area contributed by atoms with Crippen LogP contribution in [0.2, 0.25) is 0 Å². The van der Waals surface area contributed by atoms with E-state index in [0.717, 1.165) is 28.5 Å². The molecule has 0 radical (unpaired) electrons. The molecule has 4 rings (SSSR count). The highest BCUT2D eigenvalue weighted by molar-refractivity contribution is 7.80. The second kappa shape index (κ2) is 9.48. The summed E-state index contributed by atoms with van der Waals surface area (Å²) in [4.78, 5) is 0.